The molecule has 1 aromatic carbocycles. The average molecular weight is 137 g/mol. The van der Waals surface area contributed by atoms with E-state index in [1.54, 1.807) is 0 Å². The third-order valence-electron chi connectivity index (χ3n) is 1.11. The van der Waals surface area contributed by atoms with Crippen molar-refractivity contribution in [2.75, 3.05) is 5.32 Å². The number of anilines is 1. The summed E-state index contributed by atoms with van der Waals surface area (Å²) in [7, 11) is 0. The van der Waals surface area contributed by atoms with E-state index in [1.165, 1.54) is 0 Å². The molecule has 0 saturated heterocycles. The van der Waals surface area contributed by atoms with Crippen LogP contribution in [-0.4, -0.2) is 6.29 Å². The summed E-state index contributed by atoms with van der Waals surface area (Å²) in [4.78, 5) is 0. The Morgan fingerprint density at radius 1 is 1.10 bits per heavy atom. The second kappa shape index (κ2) is 3.20. The predicted molar refractivity (Wildman–Crippen MR) is 42.2 cm³/mol. The quantitative estimate of drug-likeness (QED) is 0.514. The first-order chi connectivity index (χ1) is 4.79. The number of nitrogens with two attached hydrogens (primary N) is 2. The summed E-state index contributed by atoms with van der Waals surface area (Å²) < 4.78 is 0. The molecule has 10 heavy (non-hydrogen) atoms. The summed E-state index contributed by atoms with van der Waals surface area (Å²) in [6, 6.07) is 9.60. The topological polar surface area (TPSA) is 64.1 Å². The number of para-hydroxylation sites is 1. The first-order valence-corrected chi connectivity index (χ1v) is 3.12. The van der Waals surface area contributed by atoms with Crippen molar-refractivity contribution in [1.82, 2.24) is 0 Å². The third-order valence-corrected chi connectivity index (χ3v) is 1.11. The third kappa shape index (κ3) is 2.05. The maximum absolute atomic E-state index is 5.29. The highest BCUT2D eigenvalue weighted by Gasteiger charge is 1.90. The largest absolute Gasteiger partial charge is 0.358 e. The number of hydrogen-bond donors (Lipinski definition) is 3. The standard InChI is InChI=1S/C7H11N3/c8-7(9)10-6-4-2-1-3-5-6/h1-5,7,10H,8-9H2. The van der Waals surface area contributed by atoms with Crippen LogP contribution in [0.3, 0.4) is 0 Å². The molecule has 0 bridgehead atoms. The zero-order valence-electron chi connectivity index (χ0n) is 5.62. The molecule has 5 N–H and O–H groups in total. The summed E-state index contributed by atoms with van der Waals surface area (Å²) in [5.41, 5.74) is 11.5. The van der Waals surface area contributed by atoms with Gasteiger partial charge >= 0.3 is 0 Å². The molecule has 0 spiro atoms. The Balaban J connectivity index is 2.59. The molecule has 3 nitrogen and oxygen atoms in total. The van der Waals surface area contributed by atoms with E-state index >= 15 is 0 Å². The molecule has 0 unspecified atom stereocenters. The molecule has 0 aromatic heterocycles. The Hall–Kier alpha value is -1.06. The lowest BCUT2D eigenvalue weighted by Crippen LogP contribution is -2.38. The lowest BCUT2D eigenvalue weighted by molar-refractivity contribution is 0.808. The first-order valence-electron chi connectivity index (χ1n) is 3.12. The van der Waals surface area contributed by atoms with E-state index in [9.17, 15) is 0 Å². The van der Waals surface area contributed by atoms with Crippen LogP contribution < -0.4 is 16.8 Å². The van der Waals surface area contributed by atoms with E-state index < -0.39 is 6.29 Å². The van der Waals surface area contributed by atoms with Crippen molar-refractivity contribution >= 4 is 5.69 Å². The van der Waals surface area contributed by atoms with Gasteiger partial charge in [-0.3, -0.25) is 11.5 Å². The Kier molecular flexibility index (Phi) is 2.25. The van der Waals surface area contributed by atoms with Crippen LogP contribution in [0.1, 0.15) is 0 Å². The molecule has 1 aromatic rings. The Morgan fingerprint density at radius 3 is 2.20 bits per heavy atom. The van der Waals surface area contributed by atoms with Crippen LogP contribution in [0.5, 0.6) is 0 Å². The fourth-order valence-corrected chi connectivity index (χ4v) is 0.727. The average Bonchev–Trinajstić information content (AvgIpc) is 1.88. The van der Waals surface area contributed by atoms with Gasteiger partial charge in [0.2, 0.25) is 0 Å². The predicted octanol–water partition coefficient (Wildman–Crippen LogP) is 0.299. The second-order valence-electron chi connectivity index (χ2n) is 2.04. The molecular formula is C7H11N3. The zero-order chi connectivity index (χ0) is 7.40. The molecule has 0 saturated carbocycles. The number of benzene rings is 1. The second-order valence-corrected chi connectivity index (χ2v) is 2.04. The molecular weight excluding hydrogens is 126 g/mol. The van der Waals surface area contributed by atoms with Crippen molar-refractivity contribution in [3.8, 4) is 0 Å². The maximum atomic E-state index is 5.29. The van der Waals surface area contributed by atoms with Gasteiger partial charge in [-0.15, -0.1) is 0 Å². The minimum atomic E-state index is -0.484. The molecule has 0 radical (unpaired) electrons. The summed E-state index contributed by atoms with van der Waals surface area (Å²) in [5.74, 6) is 0. The minimum Gasteiger partial charge on any atom is -0.358 e. The van der Waals surface area contributed by atoms with E-state index in [1.807, 2.05) is 30.3 Å². The zero-order valence-corrected chi connectivity index (χ0v) is 5.62. The molecule has 0 aliphatic heterocycles. The van der Waals surface area contributed by atoms with E-state index in [-0.39, 0.29) is 0 Å². The van der Waals surface area contributed by atoms with Crippen molar-refractivity contribution in [2.24, 2.45) is 11.5 Å². The first kappa shape index (κ1) is 7.05. The van der Waals surface area contributed by atoms with Gasteiger partial charge in [0.1, 0.15) is 6.29 Å². The van der Waals surface area contributed by atoms with Gasteiger partial charge in [0.25, 0.3) is 0 Å². The molecule has 0 amide bonds. The van der Waals surface area contributed by atoms with Crippen LogP contribution in [0.25, 0.3) is 0 Å². The van der Waals surface area contributed by atoms with Crippen molar-refractivity contribution in [1.29, 1.82) is 0 Å². The van der Waals surface area contributed by atoms with Crippen molar-refractivity contribution in [3.05, 3.63) is 30.3 Å². The van der Waals surface area contributed by atoms with Gasteiger partial charge in [-0.05, 0) is 12.1 Å². The molecule has 0 aliphatic carbocycles. The fourth-order valence-electron chi connectivity index (χ4n) is 0.727. The van der Waals surface area contributed by atoms with Crippen LogP contribution in [0.2, 0.25) is 0 Å². The van der Waals surface area contributed by atoms with Crippen molar-refractivity contribution < 1.29 is 0 Å². The number of nitrogens with one attached hydrogen (secondary N) is 1. The van der Waals surface area contributed by atoms with Gasteiger partial charge in [-0.2, -0.15) is 0 Å². The van der Waals surface area contributed by atoms with E-state index in [2.05, 4.69) is 5.32 Å². The monoisotopic (exact) mass is 137 g/mol. The highest BCUT2D eigenvalue weighted by atomic mass is 15.1. The molecule has 0 heterocycles. The SMILES string of the molecule is NC(N)Nc1ccccc1. The van der Waals surface area contributed by atoms with Crippen LogP contribution in [0.15, 0.2) is 30.3 Å². The van der Waals surface area contributed by atoms with Gasteiger partial charge in [0.15, 0.2) is 0 Å². The van der Waals surface area contributed by atoms with Gasteiger partial charge in [0.05, 0.1) is 0 Å². The van der Waals surface area contributed by atoms with Crippen molar-refractivity contribution in [2.45, 2.75) is 6.29 Å². The van der Waals surface area contributed by atoms with Gasteiger partial charge in [-0.25, -0.2) is 0 Å². The van der Waals surface area contributed by atoms with E-state index in [0.717, 1.165) is 5.69 Å². The molecule has 0 fully saturated rings. The molecule has 0 aliphatic rings. The minimum absolute atomic E-state index is 0.484. The van der Waals surface area contributed by atoms with Gasteiger partial charge < -0.3 is 5.32 Å². The highest BCUT2D eigenvalue weighted by molar-refractivity contribution is 5.42. The molecule has 1 rings (SSSR count). The van der Waals surface area contributed by atoms with Crippen LogP contribution in [-0.2, 0) is 0 Å². The smallest absolute Gasteiger partial charge is 0.127 e. The molecule has 3 heteroatoms. The van der Waals surface area contributed by atoms with E-state index in [4.69, 9.17) is 11.5 Å². The van der Waals surface area contributed by atoms with Crippen molar-refractivity contribution in [3.63, 3.8) is 0 Å². The summed E-state index contributed by atoms with van der Waals surface area (Å²) in [5, 5.41) is 2.86. The van der Waals surface area contributed by atoms with Gasteiger partial charge in [-0.1, -0.05) is 18.2 Å². The van der Waals surface area contributed by atoms with Crippen LogP contribution >= 0.6 is 0 Å². The Labute approximate surface area is 60.0 Å². The van der Waals surface area contributed by atoms with E-state index in [0.29, 0.717) is 0 Å². The number of rotatable bonds is 2. The maximum Gasteiger partial charge on any atom is 0.127 e. The Bertz CT molecular complexity index is 183. The highest BCUT2D eigenvalue weighted by Crippen LogP contribution is 2.03. The number of hydrogen-bond acceptors (Lipinski definition) is 3. The van der Waals surface area contributed by atoms with Crippen LogP contribution in [0.4, 0.5) is 5.69 Å². The Morgan fingerprint density at radius 2 is 1.70 bits per heavy atom. The lowest BCUT2D eigenvalue weighted by atomic mass is 10.3. The summed E-state index contributed by atoms with van der Waals surface area (Å²) >= 11 is 0. The summed E-state index contributed by atoms with van der Waals surface area (Å²) in [6.45, 7) is 0. The molecule has 54 valence electrons. The normalized spacial score (nSPS) is 9.90. The summed E-state index contributed by atoms with van der Waals surface area (Å²) in [6.07, 6.45) is -0.484. The molecule has 0 atom stereocenters. The lowest BCUT2D eigenvalue weighted by Gasteiger charge is -2.08. The van der Waals surface area contributed by atoms with Crippen LogP contribution in [0, 0.1) is 0 Å². The van der Waals surface area contributed by atoms with Gasteiger partial charge in [0, 0.05) is 5.69 Å². The fraction of sp³-hybridized carbons (Fsp3) is 0.143.